The van der Waals surface area contributed by atoms with Gasteiger partial charge in [-0.1, -0.05) is 31.0 Å². The molecule has 0 spiro atoms. The summed E-state index contributed by atoms with van der Waals surface area (Å²) in [5, 5.41) is 1.89. The standard InChI is InChI=1S/C23H27N3O4S2/c1-15-8-7-9-16(2)20(15)25-32(29,30)17-10-11-19-18(14-17)24-22(27)21(31-19)23(28)26-12-5-3-4-6-13-26/h7-11,14,21,25H,3-6,12-13H2,1-2H3,(H,24,27)/t21-/m1/s1. The van der Waals surface area contributed by atoms with Crippen LogP contribution in [-0.4, -0.2) is 43.5 Å². The number of hydrogen-bond acceptors (Lipinski definition) is 5. The normalized spacial score (nSPS) is 19.0. The smallest absolute Gasteiger partial charge is 0.261 e. The molecule has 1 atom stereocenters. The molecule has 2 heterocycles. The molecule has 0 unspecified atom stereocenters. The van der Waals surface area contributed by atoms with E-state index in [1.165, 1.54) is 23.9 Å². The molecule has 0 radical (unpaired) electrons. The first-order chi connectivity index (χ1) is 15.3. The van der Waals surface area contributed by atoms with Gasteiger partial charge in [-0.25, -0.2) is 8.42 Å². The van der Waals surface area contributed by atoms with Crippen LogP contribution in [-0.2, 0) is 19.6 Å². The van der Waals surface area contributed by atoms with Crippen molar-refractivity contribution in [1.29, 1.82) is 0 Å². The van der Waals surface area contributed by atoms with Gasteiger partial charge in [0.05, 0.1) is 16.3 Å². The molecule has 0 aromatic heterocycles. The highest BCUT2D eigenvalue weighted by atomic mass is 32.2. The second kappa shape index (κ2) is 9.15. The van der Waals surface area contributed by atoms with Gasteiger partial charge in [-0.05, 0) is 56.0 Å². The van der Waals surface area contributed by atoms with Crippen LogP contribution < -0.4 is 10.0 Å². The Morgan fingerprint density at radius 2 is 1.72 bits per heavy atom. The fraction of sp³-hybridized carbons (Fsp3) is 0.391. The quantitative estimate of drug-likeness (QED) is 0.656. The van der Waals surface area contributed by atoms with Crippen LogP contribution in [0.2, 0.25) is 0 Å². The first kappa shape index (κ1) is 22.7. The molecule has 2 aliphatic heterocycles. The maximum atomic E-state index is 13.0. The van der Waals surface area contributed by atoms with Gasteiger partial charge in [-0.3, -0.25) is 14.3 Å². The van der Waals surface area contributed by atoms with Gasteiger partial charge < -0.3 is 10.2 Å². The minimum absolute atomic E-state index is 0.0529. The highest BCUT2D eigenvalue weighted by molar-refractivity contribution is 8.01. The van der Waals surface area contributed by atoms with Crippen LogP contribution in [0.5, 0.6) is 0 Å². The van der Waals surface area contributed by atoms with E-state index in [2.05, 4.69) is 10.0 Å². The van der Waals surface area contributed by atoms with Crippen LogP contribution in [0.4, 0.5) is 11.4 Å². The number of sulfonamides is 1. The fourth-order valence-corrected chi connectivity index (χ4v) is 6.33. The number of anilines is 2. The second-order valence-corrected chi connectivity index (χ2v) is 11.1. The van der Waals surface area contributed by atoms with Crippen LogP contribution in [0.15, 0.2) is 46.2 Å². The molecule has 4 rings (SSSR count). The largest absolute Gasteiger partial charge is 0.341 e. The molecule has 0 bridgehead atoms. The number of nitrogens with zero attached hydrogens (tertiary/aromatic N) is 1. The number of fused-ring (bicyclic) bond motifs is 1. The third-order valence-electron chi connectivity index (χ3n) is 5.86. The van der Waals surface area contributed by atoms with Gasteiger partial charge >= 0.3 is 0 Å². The Hall–Kier alpha value is -2.52. The highest BCUT2D eigenvalue weighted by Gasteiger charge is 2.36. The van der Waals surface area contributed by atoms with Crippen LogP contribution in [0.3, 0.4) is 0 Å². The predicted octanol–water partition coefficient (Wildman–Crippen LogP) is 3.92. The van der Waals surface area contributed by atoms with Crippen molar-refractivity contribution in [3.8, 4) is 0 Å². The van der Waals surface area contributed by atoms with Crippen molar-refractivity contribution in [3.05, 3.63) is 47.5 Å². The van der Waals surface area contributed by atoms with Crippen molar-refractivity contribution in [2.75, 3.05) is 23.1 Å². The molecule has 2 N–H and O–H groups in total. The molecular formula is C23H27N3O4S2. The summed E-state index contributed by atoms with van der Waals surface area (Å²) in [7, 11) is -3.85. The summed E-state index contributed by atoms with van der Waals surface area (Å²) in [5.41, 5.74) is 2.60. The first-order valence-corrected chi connectivity index (χ1v) is 13.1. The Kier molecular flexibility index (Phi) is 6.48. The average Bonchev–Trinajstić information content (AvgIpc) is 3.05. The van der Waals surface area contributed by atoms with E-state index in [1.807, 2.05) is 32.0 Å². The number of nitrogens with one attached hydrogen (secondary N) is 2. The number of hydrogen-bond donors (Lipinski definition) is 2. The molecule has 2 aromatic rings. The lowest BCUT2D eigenvalue weighted by Crippen LogP contribution is -2.45. The Bertz CT molecular complexity index is 1140. The maximum absolute atomic E-state index is 13.0. The number of benzene rings is 2. The molecule has 7 nitrogen and oxygen atoms in total. The van der Waals surface area contributed by atoms with Crippen LogP contribution in [0.1, 0.15) is 36.8 Å². The van der Waals surface area contributed by atoms with E-state index in [4.69, 9.17) is 0 Å². The summed E-state index contributed by atoms with van der Waals surface area (Å²) in [6, 6.07) is 10.2. The molecule has 170 valence electrons. The van der Waals surface area contributed by atoms with Crippen molar-refractivity contribution < 1.29 is 18.0 Å². The molecule has 1 saturated heterocycles. The van der Waals surface area contributed by atoms with Gasteiger partial charge in [0.2, 0.25) is 11.8 Å². The Morgan fingerprint density at radius 3 is 2.38 bits per heavy atom. The number of likely N-dealkylation sites (tertiary alicyclic amines) is 1. The lowest BCUT2D eigenvalue weighted by molar-refractivity contribution is -0.133. The average molecular weight is 474 g/mol. The molecular weight excluding hydrogens is 446 g/mol. The SMILES string of the molecule is Cc1cccc(C)c1NS(=O)(=O)c1ccc2c(c1)NC(=O)[C@H](C(=O)N1CCCCCC1)S2. The minimum Gasteiger partial charge on any atom is -0.341 e. The Morgan fingerprint density at radius 1 is 1.06 bits per heavy atom. The van der Waals surface area contributed by atoms with Gasteiger partial charge in [0.15, 0.2) is 5.25 Å². The number of carbonyl (C=O) groups excluding carboxylic acids is 2. The first-order valence-electron chi connectivity index (χ1n) is 10.8. The molecule has 32 heavy (non-hydrogen) atoms. The fourth-order valence-electron chi connectivity index (χ4n) is 4.04. The zero-order chi connectivity index (χ0) is 22.9. The molecule has 1 fully saturated rings. The van der Waals surface area contributed by atoms with Crippen molar-refractivity contribution >= 4 is 45.0 Å². The van der Waals surface area contributed by atoms with Crippen molar-refractivity contribution in [2.24, 2.45) is 0 Å². The molecule has 0 aliphatic carbocycles. The zero-order valence-corrected chi connectivity index (χ0v) is 19.8. The number of carbonyl (C=O) groups is 2. The van der Waals surface area contributed by atoms with Crippen molar-refractivity contribution in [1.82, 2.24) is 4.90 Å². The van der Waals surface area contributed by atoms with E-state index in [9.17, 15) is 18.0 Å². The molecule has 0 saturated carbocycles. The van der Waals surface area contributed by atoms with E-state index < -0.39 is 21.2 Å². The number of aryl methyl sites for hydroxylation is 2. The summed E-state index contributed by atoms with van der Waals surface area (Å²) < 4.78 is 28.6. The van der Waals surface area contributed by atoms with Crippen LogP contribution in [0.25, 0.3) is 0 Å². The van der Waals surface area contributed by atoms with Gasteiger partial charge in [0.25, 0.3) is 10.0 Å². The number of amides is 2. The lowest BCUT2D eigenvalue weighted by atomic mass is 10.1. The van der Waals surface area contributed by atoms with Crippen molar-refractivity contribution in [3.63, 3.8) is 0 Å². The summed E-state index contributed by atoms with van der Waals surface area (Å²) in [6.45, 7) is 5.04. The summed E-state index contributed by atoms with van der Waals surface area (Å²) in [5.74, 6) is -0.581. The van der Waals surface area contributed by atoms with E-state index in [0.717, 1.165) is 36.8 Å². The van der Waals surface area contributed by atoms with Crippen molar-refractivity contribution in [2.45, 2.75) is 54.6 Å². The third kappa shape index (κ3) is 4.63. The van der Waals surface area contributed by atoms with E-state index in [-0.39, 0.29) is 10.8 Å². The van der Waals surface area contributed by atoms with Gasteiger partial charge in [0.1, 0.15) is 0 Å². The molecule has 2 aliphatic rings. The number of rotatable bonds is 4. The molecule has 2 amide bonds. The Balaban J connectivity index is 1.55. The maximum Gasteiger partial charge on any atom is 0.261 e. The predicted molar refractivity (Wildman–Crippen MR) is 126 cm³/mol. The molecule has 9 heteroatoms. The van der Waals surface area contributed by atoms with E-state index >= 15 is 0 Å². The Labute approximate surface area is 193 Å². The topological polar surface area (TPSA) is 95.6 Å². The van der Waals surface area contributed by atoms with Gasteiger partial charge in [-0.15, -0.1) is 11.8 Å². The monoisotopic (exact) mass is 473 g/mol. The summed E-state index contributed by atoms with van der Waals surface area (Å²) in [6.07, 6.45) is 4.11. The van der Waals surface area contributed by atoms with Gasteiger partial charge in [-0.2, -0.15) is 0 Å². The van der Waals surface area contributed by atoms with Crippen LogP contribution in [0, 0.1) is 13.8 Å². The molecule has 2 aromatic carbocycles. The third-order valence-corrected chi connectivity index (χ3v) is 8.47. The van der Waals surface area contributed by atoms with E-state index in [1.54, 1.807) is 11.0 Å². The zero-order valence-electron chi connectivity index (χ0n) is 18.2. The van der Waals surface area contributed by atoms with Gasteiger partial charge in [0, 0.05) is 18.0 Å². The lowest BCUT2D eigenvalue weighted by Gasteiger charge is -2.29. The summed E-state index contributed by atoms with van der Waals surface area (Å²) in [4.78, 5) is 28.2. The second-order valence-electron chi connectivity index (χ2n) is 8.26. The highest BCUT2D eigenvalue weighted by Crippen LogP contribution is 2.38. The number of thioether (sulfide) groups is 1. The minimum atomic E-state index is -3.85. The van der Waals surface area contributed by atoms with E-state index in [0.29, 0.717) is 29.4 Å². The van der Waals surface area contributed by atoms with Crippen LogP contribution >= 0.6 is 11.8 Å². The number of para-hydroxylation sites is 1. The summed E-state index contributed by atoms with van der Waals surface area (Å²) >= 11 is 1.18.